The molecule has 128 heavy (non-hydrogen) atoms. The molecule has 0 saturated heterocycles. The average Bonchev–Trinajstić information content (AvgIpc) is 0.866. The molecule has 0 fully saturated rings. The van der Waals surface area contributed by atoms with Crippen molar-refractivity contribution >= 4 is 246 Å². The zero-order chi connectivity index (χ0) is 89.2. The molecule has 0 heterocycles. The van der Waals surface area contributed by atoms with Gasteiger partial charge in [-0.25, -0.2) is 39.9 Å². The van der Waals surface area contributed by atoms with Crippen LogP contribution in [0.4, 0.5) is 45.5 Å². The van der Waals surface area contributed by atoms with Crippen LogP contribution in [0.2, 0.25) is 0 Å². The molecule has 14 aromatic rings. The van der Waals surface area contributed by atoms with Gasteiger partial charge in [0.2, 0.25) is 0 Å². The van der Waals surface area contributed by atoms with E-state index in [9.17, 15) is 0 Å². The van der Waals surface area contributed by atoms with Gasteiger partial charge in [-0.2, -0.15) is 0 Å². The quantitative estimate of drug-likeness (QED) is 0.0103. The van der Waals surface area contributed by atoms with Gasteiger partial charge in [-0.3, -0.25) is 0 Å². The number of nitrogens with two attached hydrogens (primary N) is 8. The fraction of sp³-hybridized carbons (Fsp3) is 0.231. The molecule has 0 aromatic heterocycles. The highest BCUT2D eigenvalue weighted by molar-refractivity contribution is 8.15. The molecule has 0 spiro atoms. The molecule has 0 aliphatic rings. The SMILES string of the molecule is NC(=Nc1ccc2ccccc2c1)SCCCCCCCCSC(N)=Nc1ccc2ccccc2c1.NC(=Nc1ccc2ccccc2c1)SCCCCCCSC(N)=Nc1ccc2ccccc2c1.NC(=Nc1ccc2ccccc2c1)SCCCCSC(N)=Nc1ccc2ccccc2c1.NC(=Nc1ccccc1)SCCCCCCSC(N)=Nc1ccccc1. The molecule has 0 unspecified atom stereocenters. The van der Waals surface area contributed by atoms with Crippen LogP contribution in [0.25, 0.3) is 64.6 Å². The smallest absolute Gasteiger partial charge is 0.159 e. The normalized spacial score (nSPS) is 12.4. The van der Waals surface area contributed by atoms with Crippen LogP contribution in [0, 0.1) is 0 Å². The van der Waals surface area contributed by atoms with Gasteiger partial charge in [-0.1, -0.05) is 364 Å². The second-order valence-electron chi connectivity index (χ2n) is 29.9. The van der Waals surface area contributed by atoms with E-state index < -0.39 is 0 Å². The fourth-order valence-corrected chi connectivity index (χ4v) is 19.2. The van der Waals surface area contributed by atoms with Gasteiger partial charge >= 0.3 is 0 Å². The first-order valence-corrected chi connectivity index (χ1v) is 51.4. The first-order valence-electron chi connectivity index (χ1n) is 43.5. The summed E-state index contributed by atoms with van der Waals surface area (Å²) >= 11 is 13.0. The summed E-state index contributed by atoms with van der Waals surface area (Å²) < 4.78 is 0. The molecule has 0 bridgehead atoms. The van der Waals surface area contributed by atoms with Gasteiger partial charge in [0.1, 0.15) is 0 Å². The van der Waals surface area contributed by atoms with Gasteiger partial charge in [0.05, 0.1) is 45.5 Å². The monoisotopic (exact) mass is 1840 g/mol. The predicted octanol–water partition coefficient (Wildman–Crippen LogP) is 28.1. The number of para-hydroxylation sites is 2. The van der Waals surface area contributed by atoms with Gasteiger partial charge in [-0.05, 0) is 213 Å². The van der Waals surface area contributed by atoms with Gasteiger partial charge in [0.15, 0.2) is 41.3 Å². The summed E-state index contributed by atoms with van der Waals surface area (Å²) in [5.41, 5.74) is 55.9. The van der Waals surface area contributed by atoms with Gasteiger partial charge < -0.3 is 45.9 Å². The maximum Gasteiger partial charge on any atom is 0.159 e. The van der Waals surface area contributed by atoms with E-state index in [4.69, 9.17) is 45.9 Å². The van der Waals surface area contributed by atoms with Crippen molar-refractivity contribution in [1.82, 2.24) is 0 Å². The highest BCUT2D eigenvalue weighted by Gasteiger charge is 2.09. The van der Waals surface area contributed by atoms with Crippen LogP contribution in [0.1, 0.15) is 103 Å². The molecule has 16 N–H and O–H groups in total. The molecule has 24 heteroatoms. The van der Waals surface area contributed by atoms with Crippen molar-refractivity contribution in [2.45, 2.75) is 103 Å². The topological polar surface area (TPSA) is 307 Å². The standard InChI is InChI=1S/C30H34N4S2.C28H30N4S2.C26H26N4S2.C20H26N4S2/c31-29(33-27-17-15-23-11-5-7-13-25(23)21-27)35-19-9-3-1-2-4-10-20-36-30(32)34-28-18-16-24-12-6-8-14-26(24)22-28;29-27(31-25-15-13-21-9-3-5-11-23(21)19-25)33-17-7-1-2-8-18-34-28(30)32-26-16-14-22-10-4-6-12-24(22)20-26;27-25(29-23-13-11-19-7-1-3-9-21(19)17-23)31-15-5-6-16-32-26(28)30-24-14-12-20-8-2-4-10-22(20)18-24;21-19(23-17-11-5-3-6-12-17)25-15-9-1-2-10-16-26-20(22)24-18-13-7-4-8-14-18/h5-8,11-18,21-22H,1-4,9-10,19-20H2,(H2,31,33)(H2,32,34);3-6,9-16,19-20H,1-2,7-8,17-18H2,(H2,29,31)(H2,30,32);1-4,7-14,17-18H,5-6,15-16H2,(H2,27,29)(H2,28,30);3-8,11-14H,1-2,9-10,15-16H2,(H2,21,23)(H2,22,24). The molecule has 660 valence electrons. The Morgan fingerprint density at radius 1 is 0.141 bits per heavy atom. The molecule has 14 rings (SSSR count). The van der Waals surface area contributed by atoms with E-state index in [1.165, 1.54) is 129 Å². The van der Waals surface area contributed by atoms with Crippen molar-refractivity contribution in [2.75, 3.05) is 46.0 Å². The Balaban J connectivity index is 0.000000166. The molecule has 0 atom stereocenters. The number of hydrogen-bond acceptors (Lipinski definition) is 16. The third-order valence-corrected chi connectivity index (χ3v) is 27.0. The summed E-state index contributed by atoms with van der Waals surface area (Å²) in [7, 11) is 0. The lowest BCUT2D eigenvalue weighted by molar-refractivity contribution is 0.629. The van der Waals surface area contributed by atoms with E-state index in [1.807, 2.05) is 170 Å². The minimum atomic E-state index is 0.602. The molecule has 0 aliphatic heterocycles. The third kappa shape index (κ3) is 37.1. The van der Waals surface area contributed by atoms with Gasteiger partial charge in [-0.15, -0.1) is 0 Å². The highest BCUT2D eigenvalue weighted by Crippen LogP contribution is 2.31. The van der Waals surface area contributed by atoms with Crippen LogP contribution in [0.15, 0.2) is 355 Å². The van der Waals surface area contributed by atoms with Crippen LogP contribution in [-0.4, -0.2) is 87.4 Å². The number of thioether (sulfide) groups is 8. The zero-order valence-corrected chi connectivity index (χ0v) is 79.0. The van der Waals surface area contributed by atoms with Crippen LogP contribution in [0.5, 0.6) is 0 Å². The zero-order valence-electron chi connectivity index (χ0n) is 72.5. The van der Waals surface area contributed by atoms with E-state index in [2.05, 4.69) is 186 Å². The van der Waals surface area contributed by atoms with E-state index in [0.29, 0.717) is 41.3 Å². The van der Waals surface area contributed by atoms with Crippen LogP contribution < -0.4 is 45.9 Å². The number of fused-ring (bicyclic) bond motifs is 6. The number of hydrogen-bond donors (Lipinski definition) is 8. The molecule has 0 amide bonds. The summed E-state index contributed by atoms with van der Waals surface area (Å²) in [5.74, 6) is 7.89. The van der Waals surface area contributed by atoms with Gasteiger partial charge in [0.25, 0.3) is 0 Å². The Kier molecular flexibility index (Phi) is 43.2. The van der Waals surface area contributed by atoms with Crippen molar-refractivity contribution in [3.05, 3.63) is 315 Å². The van der Waals surface area contributed by atoms with Crippen molar-refractivity contribution in [1.29, 1.82) is 0 Å². The Labute approximate surface area is 788 Å². The lowest BCUT2D eigenvalue weighted by atomic mass is 10.1. The number of benzene rings is 14. The molecule has 0 radical (unpaired) electrons. The predicted molar refractivity (Wildman–Crippen MR) is 580 cm³/mol. The number of rotatable bonds is 36. The average molecular weight is 1850 g/mol. The van der Waals surface area contributed by atoms with Crippen molar-refractivity contribution in [3.8, 4) is 0 Å². The number of nitrogens with zero attached hydrogens (tertiary/aromatic N) is 8. The van der Waals surface area contributed by atoms with Crippen LogP contribution in [0.3, 0.4) is 0 Å². The summed E-state index contributed by atoms with van der Waals surface area (Å²) in [6.07, 6.45) is 18.7. The highest BCUT2D eigenvalue weighted by atomic mass is 32.2. The summed E-state index contributed by atoms with van der Waals surface area (Å²) in [6.45, 7) is 0. The fourth-order valence-electron chi connectivity index (χ4n) is 13.4. The largest absolute Gasteiger partial charge is 0.378 e. The number of unbranched alkanes of at least 4 members (excludes halogenated alkanes) is 12. The van der Waals surface area contributed by atoms with E-state index in [1.54, 1.807) is 94.1 Å². The second kappa shape index (κ2) is 56.5. The first kappa shape index (κ1) is 97.8. The Morgan fingerprint density at radius 2 is 0.273 bits per heavy atom. The molecule has 0 saturated carbocycles. The maximum atomic E-state index is 6.13. The van der Waals surface area contributed by atoms with Crippen molar-refractivity contribution < 1.29 is 0 Å². The Hall–Kier alpha value is -10.8. The molecule has 16 nitrogen and oxygen atoms in total. The molecular weight excluding hydrogens is 1730 g/mol. The maximum absolute atomic E-state index is 6.13. The van der Waals surface area contributed by atoms with Gasteiger partial charge in [0, 0.05) is 46.0 Å². The summed E-state index contributed by atoms with van der Waals surface area (Å²) in [4.78, 5) is 36.1. The molecule has 0 aliphatic carbocycles. The molecule has 14 aromatic carbocycles. The summed E-state index contributed by atoms with van der Waals surface area (Å²) in [6, 6.07) is 106. The molecular formula is C104H116N16S8. The first-order chi connectivity index (χ1) is 62.7. The van der Waals surface area contributed by atoms with E-state index in [-0.39, 0.29) is 0 Å². The lowest BCUT2D eigenvalue weighted by Gasteiger charge is -2.04. The lowest BCUT2D eigenvalue weighted by Crippen LogP contribution is -2.08. The van der Waals surface area contributed by atoms with Crippen molar-refractivity contribution in [3.63, 3.8) is 0 Å². The Morgan fingerprint density at radius 3 is 0.445 bits per heavy atom. The minimum absolute atomic E-state index is 0.602. The number of aliphatic imine (C=N–C) groups is 8. The van der Waals surface area contributed by atoms with Crippen molar-refractivity contribution in [2.24, 2.45) is 85.8 Å². The second-order valence-corrected chi connectivity index (χ2v) is 38.8. The Bertz CT molecular complexity index is 5660. The van der Waals surface area contributed by atoms with E-state index >= 15 is 0 Å². The third-order valence-electron chi connectivity index (χ3n) is 20.0. The van der Waals surface area contributed by atoms with Crippen LogP contribution in [-0.2, 0) is 0 Å². The summed E-state index contributed by atoms with van der Waals surface area (Å²) in [5, 5.41) is 19.4. The minimum Gasteiger partial charge on any atom is -0.378 e. The van der Waals surface area contributed by atoms with E-state index in [0.717, 1.165) is 130 Å². The number of amidine groups is 8. The van der Waals surface area contributed by atoms with Crippen LogP contribution >= 0.6 is 94.1 Å².